The highest BCUT2D eigenvalue weighted by molar-refractivity contribution is 7.15. The Morgan fingerprint density at radius 2 is 1.77 bits per heavy atom. The van der Waals surface area contributed by atoms with E-state index in [1.165, 1.54) is 17.4 Å². The van der Waals surface area contributed by atoms with Crippen molar-refractivity contribution in [2.24, 2.45) is 10.9 Å². The molecule has 2 aromatic heterocycles. The molecule has 0 amide bonds. The molecule has 0 N–H and O–H groups in total. The lowest BCUT2D eigenvalue weighted by atomic mass is 9.96. The molecule has 10 heteroatoms. The number of aliphatic imine (C=N–C) groups is 1. The lowest BCUT2D eigenvalue weighted by Gasteiger charge is -2.15. The van der Waals surface area contributed by atoms with Crippen LogP contribution in [0, 0.1) is 24.5 Å². The molecule has 0 fully saturated rings. The van der Waals surface area contributed by atoms with Gasteiger partial charge in [0.15, 0.2) is 5.82 Å². The Hall–Kier alpha value is -2.62. The van der Waals surface area contributed by atoms with Crippen LogP contribution in [0.25, 0.3) is 5.00 Å². The van der Waals surface area contributed by atoms with Crippen molar-refractivity contribution < 1.29 is 22.0 Å². The molecule has 156 valence electrons. The predicted molar refractivity (Wildman–Crippen MR) is 101 cm³/mol. The van der Waals surface area contributed by atoms with Crippen molar-refractivity contribution in [2.75, 3.05) is 0 Å². The highest BCUT2D eigenvalue weighted by Crippen LogP contribution is 2.47. The lowest BCUT2D eigenvalue weighted by molar-refractivity contribution is -0.171. The Balaban J connectivity index is 1.81. The summed E-state index contributed by atoms with van der Waals surface area (Å²) in [5, 5.41) is 8.79. The van der Waals surface area contributed by atoms with Crippen LogP contribution in [0.3, 0.4) is 0 Å². The van der Waals surface area contributed by atoms with E-state index in [0.717, 1.165) is 12.1 Å². The normalized spacial score (nSPS) is 20.4. The van der Waals surface area contributed by atoms with Gasteiger partial charge < -0.3 is 0 Å². The largest absolute Gasteiger partial charge is 0.392 e. The fourth-order valence-electron chi connectivity index (χ4n) is 4.18. The maximum atomic E-state index is 14.7. The van der Waals surface area contributed by atoms with Gasteiger partial charge >= 0.3 is 6.18 Å². The van der Waals surface area contributed by atoms with Gasteiger partial charge in [-0.2, -0.15) is 13.2 Å². The number of hydrogen-bond acceptors (Lipinski definition) is 4. The molecular formula is C20H15F5N4S. The van der Waals surface area contributed by atoms with Crippen molar-refractivity contribution in [3.8, 4) is 5.00 Å². The van der Waals surface area contributed by atoms with Crippen LogP contribution in [-0.2, 0) is 12.8 Å². The molecule has 0 saturated heterocycles. The molecule has 0 bridgehead atoms. The summed E-state index contributed by atoms with van der Waals surface area (Å²) in [4.78, 5) is 5.10. The zero-order chi connectivity index (χ0) is 21.4. The van der Waals surface area contributed by atoms with E-state index >= 15 is 0 Å². The molecule has 0 unspecified atom stereocenters. The second kappa shape index (κ2) is 6.44. The first-order valence-corrected chi connectivity index (χ1v) is 10.1. The first-order chi connectivity index (χ1) is 14.2. The van der Waals surface area contributed by atoms with Crippen LogP contribution in [0.2, 0.25) is 0 Å². The molecule has 3 aromatic rings. The molecule has 0 spiro atoms. The molecule has 0 radical (unpaired) electrons. The minimum Gasteiger partial charge on any atom is -0.273 e. The molecule has 1 aromatic carbocycles. The van der Waals surface area contributed by atoms with E-state index in [1.807, 2.05) is 0 Å². The minimum atomic E-state index is -4.35. The molecule has 0 saturated carbocycles. The Kier molecular flexibility index (Phi) is 4.15. The molecular weight excluding hydrogens is 423 g/mol. The van der Waals surface area contributed by atoms with Crippen LogP contribution in [-0.4, -0.2) is 26.7 Å². The Labute approximate surface area is 172 Å². The van der Waals surface area contributed by atoms with E-state index in [1.54, 1.807) is 18.4 Å². The van der Waals surface area contributed by atoms with E-state index in [0.29, 0.717) is 32.7 Å². The van der Waals surface area contributed by atoms with Gasteiger partial charge in [-0.1, -0.05) is 6.07 Å². The number of aryl methyl sites for hydroxylation is 1. The van der Waals surface area contributed by atoms with Crippen LogP contribution >= 0.6 is 11.3 Å². The third kappa shape index (κ3) is 2.73. The van der Waals surface area contributed by atoms with E-state index in [9.17, 15) is 22.0 Å². The Morgan fingerprint density at radius 3 is 2.43 bits per heavy atom. The number of benzene rings is 1. The van der Waals surface area contributed by atoms with Gasteiger partial charge in [-0.25, -0.2) is 8.78 Å². The summed E-state index contributed by atoms with van der Waals surface area (Å²) < 4.78 is 71.4. The van der Waals surface area contributed by atoms with Crippen molar-refractivity contribution in [2.45, 2.75) is 38.9 Å². The molecule has 2 aliphatic rings. The van der Waals surface area contributed by atoms with E-state index in [4.69, 9.17) is 0 Å². The second-order valence-electron chi connectivity index (χ2n) is 7.52. The van der Waals surface area contributed by atoms with Gasteiger partial charge in [-0.3, -0.25) is 9.56 Å². The number of thiophene rings is 1. The highest BCUT2D eigenvalue weighted by Gasteiger charge is 2.46. The monoisotopic (exact) mass is 438 g/mol. The zero-order valence-electron chi connectivity index (χ0n) is 15.9. The van der Waals surface area contributed by atoms with Gasteiger partial charge in [0, 0.05) is 10.4 Å². The number of nitrogens with zero attached hydrogens (tertiary/aromatic N) is 4. The third-order valence-corrected chi connectivity index (χ3v) is 6.84. The van der Waals surface area contributed by atoms with Crippen molar-refractivity contribution in [3.05, 3.63) is 63.0 Å². The summed E-state index contributed by atoms with van der Waals surface area (Å²) in [5.41, 5.74) is 0.488. The average Bonchev–Trinajstić information content (AvgIpc) is 3.29. The number of aromatic nitrogens is 3. The van der Waals surface area contributed by atoms with Crippen LogP contribution in [0.1, 0.15) is 46.2 Å². The van der Waals surface area contributed by atoms with Crippen molar-refractivity contribution in [3.63, 3.8) is 0 Å². The maximum absolute atomic E-state index is 14.7. The topological polar surface area (TPSA) is 43.1 Å². The smallest absolute Gasteiger partial charge is 0.273 e. The molecule has 1 aliphatic heterocycles. The molecule has 4 nitrogen and oxygen atoms in total. The van der Waals surface area contributed by atoms with Gasteiger partial charge in [0.2, 0.25) is 0 Å². The maximum Gasteiger partial charge on any atom is 0.392 e. The summed E-state index contributed by atoms with van der Waals surface area (Å²) in [5.74, 6) is -2.13. The van der Waals surface area contributed by atoms with E-state index in [2.05, 4.69) is 15.2 Å². The van der Waals surface area contributed by atoms with Crippen LogP contribution in [0.15, 0.2) is 23.2 Å². The van der Waals surface area contributed by atoms with Gasteiger partial charge in [-0.15, -0.1) is 21.5 Å². The highest BCUT2D eigenvalue weighted by atomic mass is 32.1. The Bertz CT molecular complexity index is 1190. The first kappa shape index (κ1) is 19.3. The summed E-state index contributed by atoms with van der Waals surface area (Å²) in [6, 6.07) is 2.89. The summed E-state index contributed by atoms with van der Waals surface area (Å²) >= 11 is 1.19. The fourth-order valence-corrected chi connectivity index (χ4v) is 5.65. The quantitative estimate of drug-likeness (QED) is 0.496. The second-order valence-corrected chi connectivity index (χ2v) is 8.61. The van der Waals surface area contributed by atoms with Crippen LogP contribution in [0.5, 0.6) is 0 Å². The number of rotatable bonds is 1. The fraction of sp³-hybridized carbons (Fsp3) is 0.350. The SMILES string of the molecule is Cc1nnc2n1-c1sc3c(c1C(c1c(F)cccc1F)=N[C@H]2C)C[C@@H](C(F)(F)F)C3. The summed E-state index contributed by atoms with van der Waals surface area (Å²) in [7, 11) is 0. The van der Waals surface area contributed by atoms with Crippen molar-refractivity contribution in [1.29, 1.82) is 0 Å². The van der Waals surface area contributed by atoms with Crippen LogP contribution < -0.4 is 0 Å². The van der Waals surface area contributed by atoms with E-state index in [-0.39, 0.29) is 24.1 Å². The molecule has 1 aliphatic carbocycles. The molecule has 2 atom stereocenters. The van der Waals surface area contributed by atoms with Gasteiger partial charge in [0.25, 0.3) is 0 Å². The van der Waals surface area contributed by atoms with Crippen molar-refractivity contribution in [1.82, 2.24) is 14.8 Å². The Morgan fingerprint density at radius 1 is 1.07 bits per heavy atom. The minimum absolute atomic E-state index is 0.0262. The lowest BCUT2D eigenvalue weighted by Crippen LogP contribution is -2.23. The van der Waals surface area contributed by atoms with Gasteiger partial charge in [-0.05, 0) is 44.4 Å². The average molecular weight is 438 g/mol. The summed E-state index contributed by atoms with van der Waals surface area (Å²) in [6.45, 7) is 3.44. The standard InChI is InChI=1S/C20H15F5N4S/c1-8-18-28-27-9(2)29(18)19-15(11-6-10(20(23,24)25)7-14(11)30-19)17(26-8)16-12(21)4-3-5-13(16)22/h3-5,8,10H,6-7H2,1-2H3/t8-,10+/m0/s1. The first-order valence-electron chi connectivity index (χ1n) is 9.33. The van der Waals surface area contributed by atoms with Crippen LogP contribution in [0.4, 0.5) is 22.0 Å². The van der Waals surface area contributed by atoms with Gasteiger partial charge in [0.1, 0.15) is 28.5 Å². The molecule has 3 heterocycles. The number of halogens is 5. The number of fused-ring (bicyclic) bond motifs is 5. The van der Waals surface area contributed by atoms with E-state index < -0.39 is 29.8 Å². The predicted octanol–water partition coefficient (Wildman–Crippen LogP) is 5.10. The molecule has 5 rings (SSSR count). The number of hydrogen-bond donors (Lipinski definition) is 0. The zero-order valence-corrected chi connectivity index (χ0v) is 16.7. The van der Waals surface area contributed by atoms with Crippen molar-refractivity contribution >= 4 is 17.0 Å². The molecule has 30 heavy (non-hydrogen) atoms. The number of alkyl halides is 3. The van der Waals surface area contributed by atoms with Gasteiger partial charge in [0.05, 0.1) is 17.2 Å². The third-order valence-electron chi connectivity index (χ3n) is 5.60. The summed E-state index contributed by atoms with van der Waals surface area (Å²) in [6.07, 6.45) is -4.75.